The molecule has 1 aliphatic heterocycles. The van der Waals surface area contributed by atoms with E-state index in [1.807, 2.05) is 24.3 Å². The van der Waals surface area contributed by atoms with Gasteiger partial charge in [0.2, 0.25) is 0 Å². The summed E-state index contributed by atoms with van der Waals surface area (Å²) in [6.07, 6.45) is 3.50. The molecule has 0 N–H and O–H groups in total. The smallest absolute Gasteiger partial charge is 0.165 e. The highest BCUT2D eigenvalue weighted by Gasteiger charge is 2.51. The van der Waals surface area contributed by atoms with Crippen molar-refractivity contribution in [3.8, 4) is 0 Å². The molecule has 1 saturated heterocycles. The van der Waals surface area contributed by atoms with Crippen LogP contribution in [-0.2, 0) is 19.9 Å². The second kappa shape index (κ2) is 4.14. The number of benzene rings is 1. The van der Waals surface area contributed by atoms with Crippen LogP contribution in [0.5, 0.6) is 0 Å². The quantitative estimate of drug-likeness (QED) is 0.800. The van der Waals surface area contributed by atoms with E-state index < -0.39 is 5.60 Å². The minimum atomic E-state index is -0.744. The van der Waals surface area contributed by atoms with E-state index in [4.69, 9.17) is 4.74 Å². The summed E-state index contributed by atoms with van der Waals surface area (Å²) in [6.45, 7) is 0.0817. The molecule has 3 nitrogen and oxygen atoms in total. The maximum Gasteiger partial charge on any atom is 0.165 e. The van der Waals surface area contributed by atoms with Crippen molar-refractivity contribution < 1.29 is 14.3 Å². The van der Waals surface area contributed by atoms with Gasteiger partial charge in [0.05, 0.1) is 5.92 Å². The van der Waals surface area contributed by atoms with Gasteiger partial charge in [0.25, 0.3) is 0 Å². The lowest BCUT2D eigenvalue weighted by molar-refractivity contribution is -0.125. The van der Waals surface area contributed by atoms with Crippen LogP contribution in [0, 0.1) is 5.92 Å². The third-order valence-corrected chi connectivity index (χ3v) is 4.11. The highest BCUT2D eigenvalue weighted by atomic mass is 79.9. The zero-order valence-electron chi connectivity index (χ0n) is 9.56. The van der Waals surface area contributed by atoms with Crippen LogP contribution in [0.25, 0.3) is 0 Å². The van der Waals surface area contributed by atoms with Crippen LogP contribution in [0.2, 0.25) is 0 Å². The molecule has 2 aliphatic rings. The SMILES string of the molecule is O=C1C=C[C@@]2(c3ccc(Br)cc3)OCC(=O)[C@H]2C1. The highest BCUT2D eigenvalue weighted by Crippen LogP contribution is 2.44. The number of hydrogen-bond acceptors (Lipinski definition) is 3. The molecule has 0 bridgehead atoms. The van der Waals surface area contributed by atoms with Gasteiger partial charge >= 0.3 is 0 Å². The average molecular weight is 307 g/mol. The van der Waals surface area contributed by atoms with Gasteiger partial charge in [-0.3, -0.25) is 9.59 Å². The number of ketones is 2. The molecule has 0 amide bonds. The van der Waals surface area contributed by atoms with Crippen LogP contribution in [0.15, 0.2) is 40.9 Å². The van der Waals surface area contributed by atoms with Crippen molar-refractivity contribution in [2.24, 2.45) is 5.92 Å². The molecule has 1 fully saturated rings. The number of halogens is 1. The van der Waals surface area contributed by atoms with Crippen molar-refractivity contribution in [3.05, 3.63) is 46.5 Å². The van der Waals surface area contributed by atoms with Crippen LogP contribution in [-0.4, -0.2) is 18.2 Å². The third-order valence-electron chi connectivity index (χ3n) is 3.58. The van der Waals surface area contributed by atoms with Crippen molar-refractivity contribution in [1.82, 2.24) is 0 Å². The number of carbonyl (C=O) groups excluding carboxylic acids is 2. The summed E-state index contributed by atoms with van der Waals surface area (Å²) in [5, 5.41) is 0. The number of fused-ring (bicyclic) bond motifs is 1. The van der Waals surface area contributed by atoms with Crippen LogP contribution < -0.4 is 0 Å². The average Bonchev–Trinajstić information content (AvgIpc) is 2.69. The Morgan fingerprint density at radius 3 is 2.67 bits per heavy atom. The van der Waals surface area contributed by atoms with Crippen molar-refractivity contribution in [1.29, 1.82) is 0 Å². The molecule has 2 atom stereocenters. The molecule has 4 heteroatoms. The molecular weight excluding hydrogens is 296 g/mol. The summed E-state index contributed by atoms with van der Waals surface area (Å²) < 4.78 is 6.70. The molecule has 3 rings (SSSR count). The first-order valence-electron chi connectivity index (χ1n) is 5.76. The zero-order chi connectivity index (χ0) is 12.8. The highest BCUT2D eigenvalue weighted by molar-refractivity contribution is 9.10. The van der Waals surface area contributed by atoms with E-state index >= 15 is 0 Å². The fourth-order valence-electron chi connectivity index (χ4n) is 2.64. The third kappa shape index (κ3) is 1.68. The summed E-state index contributed by atoms with van der Waals surface area (Å²) in [6, 6.07) is 7.68. The van der Waals surface area contributed by atoms with Gasteiger partial charge in [0.15, 0.2) is 11.6 Å². The predicted octanol–water partition coefficient (Wildman–Crippen LogP) is 2.39. The van der Waals surface area contributed by atoms with E-state index in [0.717, 1.165) is 10.0 Å². The molecule has 0 radical (unpaired) electrons. The van der Waals surface area contributed by atoms with Crippen LogP contribution in [0.3, 0.4) is 0 Å². The minimum Gasteiger partial charge on any atom is -0.358 e. The molecule has 1 aliphatic carbocycles. The first-order valence-corrected chi connectivity index (χ1v) is 6.56. The van der Waals surface area contributed by atoms with E-state index in [1.165, 1.54) is 6.08 Å². The van der Waals surface area contributed by atoms with Crippen LogP contribution >= 0.6 is 15.9 Å². The minimum absolute atomic E-state index is 0.00779. The molecule has 1 aromatic rings. The Morgan fingerprint density at radius 2 is 1.94 bits per heavy atom. The Kier molecular flexibility index (Phi) is 2.72. The summed E-state index contributed by atoms with van der Waals surface area (Å²) >= 11 is 3.38. The molecule has 92 valence electrons. The Balaban J connectivity index is 2.11. The van der Waals surface area contributed by atoms with E-state index in [1.54, 1.807) is 6.08 Å². The van der Waals surface area contributed by atoms with Crippen molar-refractivity contribution in [2.45, 2.75) is 12.0 Å². The molecule has 18 heavy (non-hydrogen) atoms. The normalized spacial score (nSPS) is 30.6. The molecule has 0 spiro atoms. The van der Waals surface area contributed by atoms with Crippen molar-refractivity contribution in [2.75, 3.05) is 6.61 Å². The van der Waals surface area contributed by atoms with Crippen LogP contribution in [0.4, 0.5) is 0 Å². The fraction of sp³-hybridized carbons (Fsp3) is 0.286. The zero-order valence-corrected chi connectivity index (χ0v) is 11.1. The number of ether oxygens (including phenoxy) is 1. The van der Waals surface area contributed by atoms with Crippen molar-refractivity contribution >= 4 is 27.5 Å². The maximum absolute atomic E-state index is 11.9. The summed E-state index contributed by atoms with van der Waals surface area (Å²) in [7, 11) is 0. The van der Waals surface area contributed by atoms with Crippen LogP contribution in [0.1, 0.15) is 12.0 Å². The Hall–Kier alpha value is -1.26. The van der Waals surface area contributed by atoms with Gasteiger partial charge in [0.1, 0.15) is 12.2 Å². The van der Waals surface area contributed by atoms with Crippen molar-refractivity contribution in [3.63, 3.8) is 0 Å². The number of carbonyl (C=O) groups is 2. The van der Waals surface area contributed by atoms with E-state index in [2.05, 4.69) is 15.9 Å². The molecule has 1 aromatic carbocycles. The van der Waals surface area contributed by atoms with E-state index in [0.29, 0.717) is 0 Å². The largest absolute Gasteiger partial charge is 0.358 e. The first-order chi connectivity index (χ1) is 8.62. The molecule has 0 aromatic heterocycles. The lowest BCUT2D eigenvalue weighted by Gasteiger charge is -2.33. The van der Waals surface area contributed by atoms with E-state index in [-0.39, 0.29) is 30.5 Å². The second-order valence-corrected chi connectivity index (χ2v) is 5.53. The van der Waals surface area contributed by atoms with Gasteiger partial charge in [-0.2, -0.15) is 0 Å². The summed E-state index contributed by atoms with van der Waals surface area (Å²) in [5.41, 5.74) is 0.177. The Bertz CT molecular complexity index is 547. The Morgan fingerprint density at radius 1 is 1.22 bits per heavy atom. The van der Waals surface area contributed by atoms with Gasteiger partial charge in [-0.05, 0) is 29.8 Å². The summed E-state index contributed by atoms with van der Waals surface area (Å²) in [5.74, 6) is -0.376. The van der Waals surface area contributed by atoms with Gasteiger partial charge in [-0.25, -0.2) is 0 Å². The topological polar surface area (TPSA) is 43.4 Å². The Labute approximate surface area is 113 Å². The number of Topliss-reactive ketones (excluding diaryl/α,β-unsaturated/α-hetero) is 1. The van der Waals surface area contributed by atoms with Gasteiger partial charge < -0.3 is 4.74 Å². The lowest BCUT2D eigenvalue weighted by Crippen LogP contribution is -2.36. The lowest BCUT2D eigenvalue weighted by atomic mass is 9.75. The maximum atomic E-state index is 11.9. The molecule has 0 unspecified atom stereocenters. The summed E-state index contributed by atoms with van der Waals surface area (Å²) in [4.78, 5) is 23.4. The standard InChI is InChI=1S/C14H11BrO3/c15-10-3-1-9(2-4-10)14-6-5-11(16)7-12(14)13(17)8-18-14/h1-6,12H,7-8H2/t12-,14+/m1/s1. The monoisotopic (exact) mass is 306 g/mol. The second-order valence-electron chi connectivity index (χ2n) is 4.61. The number of hydrogen-bond donors (Lipinski definition) is 0. The van der Waals surface area contributed by atoms with Gasteiger partial charge in [-0.1, -0.05) is 28.1 Å². The first kappa shape index (κ1) is 11.8. The predicted molar refractivity (Wildman–Crippen MR) is 69.0 cm³/mol. The molecule has 1 heterocycles. The molecular formula is C14H11BrO3. The van der Waals surface area contributed by atoms with Gasteiger partial charge in [0, 0.05) is 10.9 Å². The van der Waals surface area contributed by atoms with E-state index in [9.17, 15) is 9.59 Å². The fourth-order valence-corrected chi connectivity index (χ4v) is 2.90. The molecule has 0 saturated carbocycles. The number of rotatable bonds is 1. The number of allylic oxidation sites excluding steroid dienone is 1. The van der Waals surface area contributed by atoms with Gasteiger partial charge in [-0.15, -0.1) is 0 Å².